The molecule has 108 valence electrons. The fourth-order valence-electron chi connectivity index (χ4n) is 1.92. The van der Waals surface area contributed by atoms with Gasteiger partial charge in [0, 0.05) is 11.5 Å². The number of Topliss-reactive ketones (excluding diaryl/α,β-unsaturated/α-hetero) is 1. The molecule has 0 aromatic carbocycles. The highest BCUT2D eigenvalue weighted by Crippen LogP contribution is 2.26. The Morgan fingerprint density at radius 1 is 1.40 bits per heavy atom. The number of aromatic nitrogens is 5. The van der Waals surface area contributed by atoms with Crippen molar-refractivity contribution in [3.05, 3.63) is 22.7 Å². The van der Waals surface area contributed by atoms with Crippen LogP contribution < -0.4 is 0 Å². The molecule has 2 aromatic rings. The summed E-state index contributed by atoms with van der Waals surface area (Å²) in [6.07, 6.45) is 1.71. The molecule has 2 heterocycles. The van der Waals surface area contributed by atoms with Crippen LogP contribution in [0.3, 0.4) is 0 Å². The average molecular weight is 293 g/mol. The number of carbonyl (C=O) groups is 1. The van der Waals surface area contributed by atoms with E-state index in [-0.39, 0.29) is 23.7 Å². The Morgan fingerprint density at radius 3 is 2.70 bits per heavy atom. The minimum atomic E-state index is -0.191. The lowest BCUT2D eigenvalue weighted by Gasteiger charge is -2.16. The Hall–Kier alpha value is -1.63. The molecular formula is C13H19N5OS. The van der Waals surface area contributed by atoms with Crippen molar-refractivity contribution in [2.24, 2.45) is 0 Å². The molecule has 0 aliphatic heterocycles. The van der Waals surface area contributed by atoms with Gasteiger partial charge >= 0.3 is 0 Å². The predicted octanol–water partition coefficient (Wildman–Crippen LogP) is 2.43. The van der Waals surface area contributed by atoms with E-state index in [9.17, 15) is 4.79 Å². The minimum absolute atomic E-state index is 0.000162. The van der Waals surface area contributed by atoms with Gasteiger partial charge in [-0.2, -0.15) is 5.10 Å². The van der Waals surface area contributed by atoms with E-state index in [1.54, 1.807) is 4.68 Å². The molecular weight excluding hydrogens is 274 g/mol. The monoisotopic (exact) mass is 293 g/mol. The van der Waals surface area contributed by atoms with E-state index in [0.29, 0.717) is 10.7 Å². The molecule has 0 saturated carbocycles. The van der Waals surface area contributed by atoms with Gasteiger partial charge in [0.1, 0.15) is 17.0 Å². The first-order chi connectivity index (χ1) is 9.30. The fourth-order valence-corrected chi connectivity index (χ4v) is 2.73. The first-order valence-corrected chi connectivity index (χ1v) is 7.32. The molecule has 0 spiro atoms. The smallest absolute Gasteiger partial charge is 0.183 e. The number of rotatable bonds is 4. The summed E-state index contributed by atoms with van der Waals surface area (Å²) in [5.74, 6) is 0.679. The quantitative estimate of drug-likeness (QED) is 0.809. The van der Waals surface area contributed by atoms with Gasteiger partial charge in [-0.25, -0.2) is 9.67 Å². The van der Waals surface area contributed by atoms with Gasteiger partial charge < -0.3 is 0 Å². The zero-order valence-electron chi connectivity index (χ0n) is 12.4. The summed E-state index contributed by atoms with van der Waals surface area (Å²) in [5, 5.41) is 8.25. The summed E-state index contributed by atoms with van der Waals surface area (Å²) in [6, 6.07) is 0.182. The molecule has 20 heavy (non-hydrogen) atoms. The summed E-state index contributed by atoms with van der Waals surface area (Å²) in [7, 11) is 0. The minimum Gasteiger partial charge on any atom is -0.293 e. The Morgan fingerprint density at radius 2 is 2.10 bits per heavy atom. The Balaban J connectivity index is 2.25. The molecule has 0 unspecified atom stereocenters. The van der Waals surface area contributed by atoms with Crippen molar-refractivity contribution in [1.29, 1.82) is 0 Å². The van der Waals surface area contributed by atoms with Crippen LogP contribution in [0.15, 0.2) is 6.33 Å². The number of hydrogen-bond acceptors (Lipinski definition) is 6. The maximum Gasteiger partial charge on any atom is 0.183 e. The van der Waals surface area contributed by atoms with E-state index in [4.69, 9.17) is 0 Å². The highest BCUT2D eigenvalue weighted by atomic mass is 32.1. The third kappa shape index (κ3) is 2.92. The maximum atomic E-state index is 12.5. The zero-order valence-corrected chi connectivity index (χ0v) is 13.2. The number of ketones is 1. The maximum absolute atomic E-state index is 12.5. The van der Waals surface area contributed by atoms with Gasteiger partial charge in [0.05, 0.1) is 12.1 Å². The van der Waals surface area contributed by atoms with Crippen LogP contribution in [0.4, 0.5) is 0 Å². The van der Waals surface area contributed by atoms with Gasteiger partial charge in [0.25, 0.3) is 0 Å². The Bertz CT molecular complexity index is 608. The molecule has 0 saturated heterocycles. The van der Waals surface area contributed by atoms with Crippen LogP contribution in [0.2, 0.25) is 0 Å². The van der Waals surface area contributed by atoms with Crippen molar-refractivity contribution < 1.29 is 4.79 Å². The van der Waals surface area contributed by atoms with Crippen LogP contribution in [0, 0.1) is 0 Å². The SMILES string of the molecule is CC(C)n1ncnc1CC(=O)c1snnc1C(C)(C)C. The van der Waals surface area contributed by atoms with E-state index >= 15 is 0 Å². The van der Waals surface area contributed by atoms with Crippen molar-refractivity contribution in [2.45, 2.75) is 52.5 Å². The Labute approximate surface area is 122 Å². The molecule has 0 aliphatic rings. The first-order valence-electron chi connectivity index (χ1n) is 6.55. The zero-order chi connectivity index (χ0) is 14.9. The number of hydrogen-bond donors (Lipinski definition) is 0. The average Bonchev–Trinajstić information content (AvgIpc) is 2.95. The third-order valence-electron chi connectivity index (χ3n) is 2.91. The molecule has 2 aromatic heterocycles. The fraction of sp³-hybridized carbons (Fsp3) is 0.615. The molecule has 0 atom stereocenters. The van der Waals surface area contributed by atoms with E-state index in [1.807, 2.05) is 34.6 Å². The summed E-state index contributed by atoms with van der Waals surface area (Å²) in [4.78, 5) is 17.3. The molecule has 7 heteroatoms. The summed E-state index contributed by atoms with van der Waals surface area (Å²) >= 11 is 1.15. The molecule has 0 aliphatic carbocycles. The van der Waals surface area contributed by atoms with Crippen LogP contribution in [-0.4, -0.2) is 30.1 Å². The van der Waals surface area contributed by atoms with Crippen molar-refractivity contribution in [2.75, 3.05) is 0 Å². The summed E-state index contributed by atoms with van der Waals surface area (Å²) in [5.41, 5.74) is 0.562. The summed E-state index contributed by atoms with van der Waals surface area (Å²) in [6.45, 7) is 10.1. The van der Waals surface area contributed by atoms with Gasteiger partial charge in [-0.05, 0) is 25.4 Å². The van der Waals surface area contributed by atoms with Crippen molar-refractivity contribution in [1.82, 2.24) is 24.4 Å². The van der Waals surface area contributed by atoms with E-state index in [0.717, 1.165) is 17.2 Å². The van der Waals surface area contributed by atoms with Crippen molar-refractivity contribution in [3.63, 3.8) is 0 Å². The molecule has 0 fully saturated rings. The second-order valence-corrected chi connectivity index (χ2v) is 6.77. The number of carbonyl (C=O) groups excluding carboxylic acids is 1. The van der Waals surface area contributed by atoms with Gasteiger partial charge in [0.2, 0.25) is 0 Å². The van der Waals surface area contributed by atoms with Crippen LogP contribution in [0.25, 0.3) is 0 Å². The highest BCUT2D eigenvalue weighted by molar-refractivity contribution is 7.08. The second kappa shape index (κ2) is 5.40. The molecule has 0 bridgehead atoms. The lowest BCUT2D eigenvalue weighted by molar-refractivity contribution is 0.0990. The van der Waals surface area contributed by atoms with Crippen LogP contribution in [-0.2, 0) is 11.8 Å². The lowest BCUT2D eigenvalue weighted by atomic mass is 9.90. The first kappa shape index (κ1) is 14.8. The van der Waals surface area contributed by atoms with Crippen LogP contribution >= 0.6 is 11.5 Å². The van der Waals surface area contributed by atoms with E-state index in [2.05, 4.69) is 19.7 Å². The standard InChI is InChI=1S/C13H19N5OS/c1-8(2)18-10(14-7-15-18)6-9(19)11-12(13(3,4)5)16-17-20-11/h7-8H,6H2,1-5H3. The van der Waals surface area contributed by atoms with Gasteiger partial charge in [-0.3, -0.25) is 4.79 Å². The van der Waals surface area contributed by atoms with Crippen molar-refractivity contribution >= 4 is 17.3 Å². The lowest BCUT2D eigenvalue weighted by Crippen LogP contribution is -2.18. The van der Waals surface area contributed by atoms with E-state index in [1.165, 1.54) is 6.33 Å². The molecule has 0 N–H and O–H groups in total. The van der Waals surface area contributed by atoms with Gasteiger partial charge in [-0.1, -0.05) is 25.3 Å². The normalized spacial score (nSPS) is 12.1. The summed E-state index contributed by atoms with van der Waals surface area (Å²) < 4.78 is 5.69. The largest absolute Gasteiger partial charge is 0.293 e. The Kier molecular flexibility index (Phi) is 3.99. The number of nitrogens with zero attached hydrogens (tertiary/aromatic N) is 5. The van der Waals surface area contributed by atoms with Crippen LogP contribution in [0.5, 0.6) is 0 Å². The highest BCUT2D eigenvalue weighted by Gasteiger charge is 2.27. The molecule has 0 radical (unpaired) electrons. The molecule has 2 rings (SSSR count). The van der Waals surface area contributed by atoms with Crippen molar-refractivity contribution in [3.8, 4) is 0 Å². The molecule has 6 nitrogen and oxygen atoms in total. The third-order valence-corrected chi connectivity index (χ3v) is 3.67. The van der Waals surface area contributed by atoms with E-state index < -0.39 is 0 Å². The second-order valence-electron chi connectivity index (χ2n) is 6.02. The predicted molar refractivity (Wildman–Crippen MR) is 77.1 cm³/mol. The van der Waals surface area contributed by atoms with Gasteiger partial charge in [-0.15, -0.1) is 5.10 Å². The topological polar surface area (TPSA) is 73.6 Å². The molecule has 0 amide bonds. The van der Waals surface area contributed by atoms with Gasteiger partial charge in [0.15, 0.2) is 5.78 Å². The van der Waals surface area contributed by atoms with Crippen LogP contribution in [0.1, 0.15) is 61.9 Å².